The number of carbonyl (C=O) groups is 1. The van der Waals surface area contributed by atoms with Gasteiger partial charge in [-0.25, -0.2) is 0 Å². The normalized spacial score (nSPS) is 16.1. The van der Waals surface area contributed by atoms with Gasteiger partial charge in [0.2, 0.25) is 5.78 Å². The summed E-state index contributed by atoms with van der Waals surface area (Å²) in [5, 5.41) is 33.2. The van der Waals surface area contributed by atoms with Crippen molar-refractivity contribution in [3.8, 4) is 5.75 Å². The molecule has 63 heavy (non-hydrogen) atoms. The minimum atomic E-state index is -0.384. The van der Waals surface area contributed by atoms with Gasteiger partial charge in [-0.2, -0.15) is 0 Å². The number of hydrogen-bond donors (Lipinski definition) is 3. The number of unbranched alkanes of at least 4 members (excludes halogenated alkanes) is 29. The van der Waals surface area contributed by atoms with E-state index in [4.69, 9.17) is 4.99 Å². The predicted molar refractivity (Wildman–Crippen MR) is 272 cm³/mol. The van der Waals surface area contributed by atoms with Crippen molar-refractivity contribution in [3.63, 3.8) is 0 Å². The topological polar surface area (TPSA) is 125 Å². The maximum absolute atomic E-state index is 13.4. The van der Waals surface area contributed by atoms with E-state index in [1.165, 1.54) is 186 Å². The highest BCUT2D eigenvalue weighted by Gasteiger charge is 2.39. The van der Waals surface area contributed by atoms with Gasteiger partial charge in [-0.05, 0) is 50.5 Å². The third-order valence-electron chi connectivity index (χ3n) is 13.4. The molecule has 0 saturated heterocycles. The molecule has 0 bridgehead atoms. The van der Waals surface area contributed by atoms with Crippen LogP contribution in [0.3, 0.4) is 0 Å². The number of phenolic OH excluding ortho intramolecular Hbond substituents is 1. The Morgan fingerprint density at radius 3 is 1.40 bits per heavy atom. The highest BCUT2D eigenvalue weighted by Crippen LogP contribution is 2.43. The average Bonchev–Trinajstić information content (AvgIpc) is 3.27. The van der Waals surface area contributed by atoms with Crippen molar-refractivity contribution in [1.82, 2.24) is 0 Å². The number of hydrogen-bond acceptors (Lipinski definition) is 6. The lowest BCUT2D eigenvalue weighted by Gasteiger charge is -2.27. The van der Waals surface area contributed by atoms with Gasteiger partial charge in [-0.1, -0.05) is 213 Å². The van der Waals surface area contributed by atoms with Crippen LogP contribution in [0, 0.1) is 0 Å². The molecule has 1 atom stereocenters. The van der Waals surface area contributed by atoms with Gasteiger partial charge in [0.25, 0.3) is 0 Å². The lowest BCUT2D eigenvalue weighted by molar-refractivity contribution is -0.111. The highest BCUT2D eigenvalue weighted by atomic mass is 16.3. The Morgan fingerprint density at radius 1 is 0.556 bits per heavy atom. The van der Waals surface area contributed by atoms with E-state index in [9.17, 15) is 20.1 Å². The Kier molecular flexibility index (Phi) is 31.0. The Bertz CT molecular complexity index is 1550. The van der Waals surface area contributed by atoms with Crippen LogP contribution in [0.5, 0.6) is 5.75 Å². The number of aromatic hydroxyl groups is 1. The summed E-state index contributed by atoms with van der Waals surface area (Å²) < 4.78 is 0. The van der Waals surface area contributed by atoms with Crippen molar-refractivity contribution in [2.45, 2.75) is 246 Å². The van der Waals surface area contributed by atoms with Gasteiger partial charge in [0.15, 0.2) is 0 Å². The first-order valence-corrected chi connectivity index (χ1v) is 26.3. The van der Waals surface area contributed by atoms with Gasteiger partial charge < -0.3 is 25.7 Å². The fraction of sp³-hybridized carbons (Fsp3) is 0.714. The Hall–Kier alpha value is -3.32. The number of carbonyl (C=O) groups excluding carboxylic acids is 1. The first-order chi connectivity index (χ1) is 30.4. The number of Topliss-reactive ketones (excluding diaryl/α,β-unsaturated/α-hetero) is 1. The number of aliphatic hydroxyl groups excluding tert-OH is 2. The maximum Gasteiger partial charge on any atom is 0.202 e. The van der Waals surface area contributed by atoms with Crippen molar-refractivity contribution in [2.75, 3.05) is 18.0 Å². The van der Waals surface area contributed by atoms with Crippen LogP contribution in [0.4, 0.5) is 5.69 Å². The van der Waals surface area contributed by atoms with Crippen molar-refractivity contribution in [3.05, 3.63) is 64.7 Å². The average molecular weight is 875 g/mol. The number of anilines is 1. The number of ketones is 1. The molecule has 7 nitrogen and oxygen atoms in total. The largest absolute Gasteiger partial charge is 0.507 e. The third kappa shape index (κ3) is 21.5. The first kappa shape index (κ1) is 55.8. The molecule has 2 aliphatic carbocycles. The fourth-order valence-corrected chi connectivity index (χ4v) is 9.28. The van der Waals surface area contributed by atoms with Crippen LogP contribution in [0.1, 0.15) is 245 Å². The van der Waals surface area contributed by atoms with E-state index < -0.39 is 0 Å². The van der Waals surface area contributed by atoms with Gasteiger partial charge in [-0.15, -0.1) is 0 Å². The number of phenols is 1. The molecule has 1 unspecified atom stereocenters. The maximum atomic E-state index is 13.4. The molecule has 1 aromatic carbocycles. The van der Waals surface area contributed by atoms with E-state index in [0.29, 0.717) is 11.3 Å². The van der Waals surface area contributed by atoms with E-state index in [1.807, 2.05) is 12.1 Å². The highest BCUT2D eigenvalue weighted by molar-refractivity contribution is 6.40. The summed E-state index contributed by atoms with van der Waals surface area (Å²) in [6.45, 7) is 10.6. The zero-order valence-corrected chi connectivity index (χ0v) is 40.9. The molecular formula is C56H94N2O5. The summed E-state index contributed by atoms with van der Waals surface area (Å²) in [6.07, 6.45) is 48.9. The van der Waals surface area contributed by atoms with Crippen LogP contribution >= 0.6 is 0 Å². The van der Waals surface area contributed by atoms with E-state index in [0.717, 1.165) is 44.5 Å². The molecule has 5 N–H and O–H groups in total. The minimum Gasteiger partial charge on any atom is -0.507 e. The van der Waals surface area contributed by atoms with Crippen LogP contribution in [-0.4, -0.2) is 51.4 Å². The number of benzene rings is 1. The summed E-state index contributed by atoms with van der Waals surface area (Å²) >= 11 is 0. The summed E-state index contributed by atoms with van der Waals surface area (Å²) in [5.74, 6) is -0.682. The molecule has 0 aromatic heterocycles. The molecule has 1 aromatic rings. The second-order valence-electron chi connectivity index (χ2n) is 18.6. The molecule has 0 saturated carbocycles. The zero-order valence-electron chi connectivity index (χ0n) is 40.9. The Labute approximate surface area is 386 Å². The van der Waals surface area contributed by atoms with E-state index in [-0.39, 0.29) is 51.3 Å². The molecule has 2 aliphatic rings. The molecule has 0 heterocycles. The second kappa shape index (κ2) is 35.0. The van der Waals surface area contributed by atoms with Crippen LogP contribution in [0.15, 0.2) is 64.1 Å². The van der Waals surface area contributed by atoms with Gasteiger partial charge in [0.1, 0.15) is 17.3 Å². The molecule has 0 radical (unpaired) electrons. The molecule has 0 aliphatic heterocycles. The Balaban J connectivity index is 0.0000137. The van der Waals surface area contributed by atoms with Crippen LogP contribution in [0.25, 0.3) is 5.57 Å². The molecule has 7 heteroatoms. The molecular weight excluding hydrogens is 781 g/mol. The third-order valence-corrected chi connectivity index (χ3v) is 13.4. The standard InChI is InChI=1S/C56H92N2O4.H2O/c1-5-9-11-13-15-17-19-21-23-25-27-29-31-33-35-37-43-58(8-4)48-40-42-50(52(60)45-48)54-55(61)53(56(54)62)49-41-39-47(44-51(49)59)57-46(7-3)38-36-34-32-30-28-26-24-22-20-18-16-14-12-10-6-2;/h39-42,44-46,59-61H,5-38,43H2,1-4H3;1H2/b53-49+,57-47+;. The van der Waals surface area contributed by atoms with Crippen LogP contribution in [0.2, 0.25) is 0 Å². The summed E-state index contributed by atoms with van der Waals surface area (Å²) in [4.78, 5) is 20.6. The van der Waals surface area contributed by atoms with Gasteiger partial charge in [-0.3, -0.25) is 9.79 Å². The number of aliphatic imine (C=N–C) groups is 1. The fourth-order valence-electron chi connectivity index (χ4n) is 9.28. The second-order valence-corrected chi connectivity index (χ2v) is 18.6. The van der Waals surface area contributed by atoms with Crippen molar-refractivity contribution >= 4 is 22.8 Å². The van der Waals surface area contributed by atoms with E-state index in [2.05, 4.69) is 32.6 Å². The molecule has 0 amide bonds. The lowest BCUT2D eigenvalue weighted by atomic mass is 9.79. The SMILES string of the molecule is CCCCCCCCCCCCCCCCCCN(CC)c1ccc(C2=C(O)/C(=C3C=C/C(=N\C(CC)CCCCCCCCCCCCCCCCC)C=C/3O)C2=O)c(O)c1.O. The quantitative estimate of drug-likeness (QED) is 0.0451. The zero-order chi connectivity index (χ0) is 44.6. The molecule has 3 rings (SSSR count). The van der Waals surface area contributed by atoms with Gasteiger partial charge in [0, 0.05) is 42.1 Å². The monoisotopic (exact) mass is 875 g/mol. The van der Waals surface area contributed by atoms with Crippen molar-refractivity contribution < 1.29 is 25.6 Å². The summed E-state index contributed by atoms with van der Waals surface area (Å²) in [7, 11) is 0. The van der Waals surface area contributed by atoms with Gasteiger partial charge >= 0.3 is 0 Å². The minimum absolute atomic E-state index is 0. The van der Waals surface area contributed by atoms with E-state index >= 15 is 0 Å². The van der Waals surface area contributed by atoms with Crippen LogP contribution in [-0.2, 0) is 4.79 Å². The molecule has 0 spiro atoms. The number of rotatable bonds is 38. The summed E-state index contributed by atoms with van der Waals surface area (Å²) in [6, 6.07) is 5.54. The first-order valence-electron chi connectivity index (χ1n) is 26.3. The molecule has 358 valence electrons. The van der Waals surface area contributed by atoms with Crippen molar-refractivity contribution in [1.29, 1.82) is 0 Å². The predicted octanol–water partition coefficient (Wildman–Crippen LogP) is 16.3. The van der Waals surface area contributed by atoms with Crippen molar-refractivity contribution in [2.24, 2.45) is 4.99 Å². The summed E-state index contributed by atoms with van der Waals surface area (Å²) in [5.41, 5.74) is 2.37. The number of nitrogens with zero attached hydrogens (tertiary/aromatic N) is 2. The Morgan fingerprint density at radius 2 is 1.00 bits per heavy atom. The van der Waals surface area contributed by atoms with Gasteiger partial charge in [0.05, 0.1) is 22.9 Å². The number of aliphatic hydroxyl groups is 2. The lowest BCUT2D eigenvalue weighted by Crippen LogP contribution is -2.25. The molecule has 0 fully saturated rings. The van der Waals surface area contributed by atoms with Crippen LogP contribution < -0.4 is 4.90 Å². The smallest absolute Gasteiger partial charge is 0.202 e. The number of allylic oxidation sites excluding steroid dienone is 5. The van der Waals surface area contributed by atoms with E-state index in [1.54, 1.807) is 24.3 Å².